The van der Waals surface area contributed by atoms with Crippen LogP contribution in [0.3, 0.4) is 0 Å². The number of carbonyl (C=O) groups is 1. The Hall–Kier alpha value is -3.21. The van der Waals surface area contributed by atoms with E-state index in [4.69, 9.17) is 13.9 Å². The van der Waals surface area contributed by atoms with Gasteiger partial charge in [0.2, 0.25) is 5.91 Å². The van der Waals surface area contributed by atoms with Crippen LogP contribution in [-0.4, -0.2) is 19.1 Å². The van der Waals surface area contributed by atoms with E-state index in [9.17, 15) is 4.79 Å². The lowest BCUT2D eigenvalue weighted by atomic mass is 10.1. The third-order valence-corrected chi connectivity index (χ3v) is 4.22. The summed E-state index contributed by atoms with van der Waals surface area (Å²) in [4.78, 5) is 12.2. The zero-order valence-electron chi connectivity index (χ0n) is 14.4. The van der Waals surface area contributed by atoms with Crippen molar-refractivity contribution in [3.8, 4) is 11.5 Å². The summed E-state index contributed by atoms with van der Waals surface area (Å²) >= 11 is 0. The molecule has 0 unspecified atom stereocenters. The topological polar surface area (TPSA) is 60.7 Å². The van der Waals surface area contributed by atoms with E-state index in [0.29, 0.717) is 19.0 Å². The van der Waals surface area contributed by atoms with Crippen molar-refractivity contribution in [2.75, 3.05) is 13.2 Å². The molecule has 0 fully saturated rings. The molecule has 0 bridgehead atoms. The SMILES string of the molecule is C[C@H](NC(=O)/C=C/c1ccc2c(c1)OCCO2)c1cc2ccccc2o1. The van der Waals surface area contributed by atoms with E-state index < -0.39 is 0 Å². The Bertz CT molecular complexity index is 940. The van der Waals surface area contributed by atoms with Gasteiger partial charge in [0.15, 0.2) is 11.5 Å². The highest BCUT2D eigenvalue weighted by Crippen LogP contribution is 2.31. The van der Waals surface area contributed by atoms with Crippen LogP contribution in [0, 0.1) is 0 Å². The van der Waals surface area contributed by atoms with Gasteiger partial charge >= 0.3 is 0 Å². The fourth-order valence-electron chi connectivity index (χ4n) is 2.88. The smallest absolute Gasteiger partial charge is 0.244 e. The van der Waals surface area contributed by atoms with Gasteiger partial charge in [0.1, 0.15) is 24.6 Å². The highest BCUT2D eigenvalue weighted by Gasteiger charge is 2.13. The van der Waals surface area contributed by atoms with Crippen molar-refractivity contribution in [2.45, 2.75) is 13.0 Å². The second-order valence-corrected chi connectivity index (χ2v) is 6.15. The first-order chi connectivity index (χ1) is 12.7. The number of nitrogens with one attached hydrogen (secondary N) is 1. The van der Waals surface area contributed by atoms with Crippen LogP contribution < -0.4 is 14.8 Å². The lowest BCUT2D eigenvalue weighted by Gasteiger charge is -2.18. The molecule has 2 aromatic carbocycles. The molecule has 4 rings (SSSR count). The Labute approximate surface area is 151 Å². The Morgan fingerprint density at radius 2 is 1.88 bits per heavy atom. The summed E-state index contributed by atoms with van der Waals surface area (Å²) in [6, 6.07) is 15.1. The molecule has 1 aromatic heterocycles. The van der Waals surface area contributed by atoms with Gasteiger partial charge in [0, 0.05) is 11.5 Å². The van der Waals surface area contributed by atoms with Crippen LogP contribution in [0.4, 0.5) is 0 Å². The fraction of sp³-hybridized carbons (Fsp3) is 0.190. The van der Waals surface area contributed by atoms with Crippen molar-refractivity contribution in [2.24, 2.45) is 0 Å². The monoisotopic (exact) mass is 349 g/mol. The van der Waals surface area contributed by atoms with Crippen LogP contribution >= 0.6 is 0 Å². The van der Waals surface area contributed by atoms with Gasteiger partial charge in [-0.1, -0.05) is 24.3 Å². The highest BCUT2D eigenvalue weighted by molar-refractivity contribution is 5.92. The predicted molar refractivity (Wildman–Crippen MR) is 99.2 cm³/mol. The number of carbonyl (C=O) groups excluding carboxylic acids is 1. The number of benzene rings is 2. The molecular formula is C21H19NO4. The van der Waals surface area contributed by atoms with Gasteiger partial charge in [0.05, 0.1) is 6.04 Å². The molecule has 1 aliphatic heterocycles. The third kappa shape index (κ3) is 3.42. The molecule has 0 saturated heterocycles. The summed E-state index contributed by atoms with van der Waals surface area (Å²) in [6.45, 7) is 2.99. The highest BCUT2D eigenvalue weighted by atomic mass is 16.6. The molecule has 1 amide bonds. The zero-order chi connectivity index (χ0) is 17.9. The van der Waals surface area contributed by atoms with Crippen LogP contribution in [0.15, 0.2) is 59.0 Å². The Kier molecular flexibility index (Phi) is 4.35. The first-order valence-electron chi connectivity index (χ1n) is 8.56. The van der Waals surface area contributed by atoms with E-state index >= 15 is 0 Å². The standard InChI is InChI=1S/C21H19NO4/c1-14(19-13-16-4-2-3-5-17(16)26-19)22-21(23)9-7-15-6-8-18-20(12-15)25-11-10-24-18/h2-9,12-14H,10-11H2,1H3,(H,22,23)/b9-7+/t14-/m0/s1. The van der Waals surface area contributed by atoms with E-state index in [1.54, 1.807) is 6.08 Å². The molecule has 0 aliphatic carbocycles. The molecule has 1 aliphatic rings. The minimum Gasteiger partial charge on any atom is -0.486 e. The van der Waals surface area contributed by atoms with Crippen molar-refractivity contribution in [3.05, 3.63) is 65.9 Å². The Morgan fingerprint density at radius 3 is 2.73 bits per heavy atom. The largest absolute Gasteiger partial charge is 0.486 e. The summed E-state index contributed by atoms with van der Waals surface area (Å²) < 4.78 is 16.8. The zero-order valence-corrected chi connectivity index (χ0v) is 14.4. The molecule has 0 spiro atoms. The first kappa shape index (κ1) is 16.3. The molecule has 5 heteroatoms. The summed E-state index contributed by atoms with van der Waals surface area (Å²) in [5.74, 6) is 1.98. The predicted octanol–water partition coefficient (Wildman–Crippen LogP) is 4.09. The Balaban J connectivity index is 1.42. The van der Waals surface area contributed by atoms with Crippen molar-refractivity contribution in [1.82, 2.24) is 5.32 Å². The molecule has 2 heterocycles. The van der Waals surface area contributed by atoms with Crippen LogP contribution in [0.1, 0.15) is 24.3 Å². The maximum Gasteiger partial charge on any atom is 0.244 e. The van der Waals surface area contributed by atoms with Gasteiger partial charge in [0.25, 0.3) is 0 Å². The normalized spacial score (nSPS) is 14.5. The molecule has 1 N–H and O–H groups in total. The summed E-state index contributed by atoms with van der Waals surface area (Å²) in [7, 11) is 0. The quantitative estimate of drug-likeness (QED) is 0.721. The number of hydrogen-bond donors (Lipinski definition) is 1. The number of fused-ring (bicyclic) bond motifs is 2. The molecule has 132 valence electrons. The van der Waals surface area contributed by atoms with Crippen molar-refractivity contribution in [3.63, 3.8) is 0 Å². The number of ether oxygens (including phenoxy) is 2. The van der Waals surface area contributed by atoms with E-state index in [2.05, 4.69) is 5.32 Å². The summed E-state index contributed by atoms with van der Waals surface area (Å²) in [6.07, 6.45) is 3.25. The molecule has 26 heavy (non-hydrogen) atoms. The minimum atomic E-state index is -0.222. The van der Waals surface area contributed by atoms with Gasteiger partial charge in [-0.05, 0) is 42.8 Å². The summed E-state index contributed by atoms with van der Waals surface area (Å²) in [5, 5.41) is 3.94. The Morgan fingerprint density at radius 1 is 1.08 bits per heavy atom. The fourth-order valence-corrected chi connectivity index (χ4v) is 2.88. The van der Waals surface area contributed by atoms with Crippen molar-refractivity contribution >= 4 is 23.0 Å². The molecular weight excluding hydrogens is 330 g/mol. The van der Waals surface area contributed by atoms with Crippen molar-refractivity contribution < 1.29 is 18.7 Å². The minimum absolute atomic E-state index is 0.187. The molecule has 0 radical (unpaired) electrons. The molecule has 0 saturated carbocycles. The van der Waals surface area contributed by atoms with Crippen LogP contribution in [0.2, 0.25) is 0 Å². The van der Waals surface area contributed by atoms with Gasteiger partial charge in [-0.2, -0.15) is 0 Å². The van der Waals surface area contributed by atoms with E-state index in [1.807, 2.05) is 55.5 Å². The number of hydrogen-bond acceptors (Lipinski definition) is 4. The van der Waals surface area contributed by atoms with Crippen LogP contribution in [0.25, 0.3) is 17.0 Å². The molecule has 5 nitrogen and oxygen atoms in total. The number of rotatable bonds is 4. The second-order valence-electron chi connectivity index (χ2n) is 6.15. The lowest BCUT2D eigenvalue weighted by molar-refractivity contribution is -0.117. The van der Waals surface area contributed by atoms with E-state index in [-0.39, 0.29) is 11.9 Å². The second kappa shape index (κ2) is 6.96. The molecule has 1 atom stereocenters. The number of amides is 1. The molecule has 3 aromatic rings. The van der Waals surface area contributed by atoms with Crippen molar-refractivity contribution in [1.29, 1.82) is 0 Å². The first-order valence-corrected chi connectivity index (χ1v) is 8.56. The third-order valence-electron chi connectivity index (χ3n) is 4.22. The van der Waals surface area contributed by atoms with Gasteiger partial charge in [-0.25, -0.2) is 0 Å². The lowest BCUT2D eigenvalue weighted by Crippen LogP contribution is -2.24. The van der Waals surface area contributed by atoms with Gasteiger partial charge in [-0.15, -0.1) is 0 Å². The number of para-hydroxylation sites is 1. The average Bonchev–Trinajstić information content (AvgIpc) is 3.10. The van der Waals surface area contributed by atoms with E-state index in [0.717, 1.165) is 28.0 Å². The number of furan rings is 1. The van der Waals surface area contributed by atoms with Crippen LogP contribution in [0.5, 0.6) is 11.5 Å². The van der Waals surface area contributed by atoms with Gasteiger partial charge < -0.3 is 19.2 Å². The maximum absolute atomic E-state index is 12.2. The van der Waals surface area contributed by atoms with Gasteiger partial charge in [-0.3, -0.25) is 4.79 Å². The van der Waals surface area contributed by atoms with Crippen LogP contribution in [-0.2, 0) is 4.79 Å². The maximum atomic E-state index is 12.2. The average molecular weight is 349 g/mol. The summed E-state index contributed by atoms with van der Waals surface area (Å²) in [5.41, 5.74) is 1.69. The van der Waals surface area contributed by atoms with E-state index in [1.165, 1.54) is 6.08 Å².